The zero-order valence-corrected chi connectivity index (χ0v) is 13.3. The van der Waals surface area contributed by atoms with Gasteiger partial charge in [-0.25, -0.2) is 9.37 Å². The number of benzene rings is 2. The summed E-state index contributed by atoms with van der Waals surface area (Å²) in [6, 6.07) is 6.86. The molecular formula is C15H8BrF4N3O. The summed E-state index contributed by atoms with van der Waals surface area (Å²) in [5.41, 5.74) is -0.975. The van der Waals surface area contributed by atoms with Crippen LogP contribution in [-0.4, -0.2) is 15.9 Å². The van der Waals surface area contributed by atoms with E-state index in [1.54, 1.807) is 0 Å². The first kappa shape index (κ1) is 16.4. The lowest BCUT2D eigenvalue weighted by Gasteiger charge is -2.07. The van der Waals surface area contributed by atoms with Crippen LogP contribution in [0.2, 0.25) is 0 Å². The molecule has 3 aromatic rings. The minimum absolute atomic E-state index is 0.110. The highest BCUT2D eigenvalue weighted by atomic mass is 79.9. The van der Waals surface area contributed by atoms with E-state index >= 15 is 0 Å². The van der Waals surface area contributed by atoms with Crippen molar-refractivity contribution in [3.05, 3.63) is 57.8 Å². The van der Waals surface area contributed by atoms with E-state index in [2.05, 4.69) is 31.2 Å². The second-order valence-electron chi connectivity index (χ2n) is 4.86. The molecule has 0 aliphatic carbocycles. The SMILES string of the molecule is O=C(Nc1nc2c(C(F)(F)F)ccc(Br)c2[nH]1)c1ccc(F)cc1. The molecular weight excluding hydrogens is 394 g/mol. The van der Waals surface area contributed by atoms with Crippen molar-refractivity contribution in [2.45, 2.75) is 6.18 Å². The van der Waals surface area contributed by atoms with Crippen LogP contribution in [0.3, 0.4) is 0 Å². The molecule has 2 N–H and O–H groups in total. The van der Waals surface area contributed by atoms with Gasteiger partial charge in [0.05, 0.1) is 11.1 Å². The Balaban J connectivity index is 1.97. The lowest BCUT2D eigenvalue weighted by Crippen LogP contribution is -2.12. The van der Waals surface area contributed by atoms with Crippen molar-refractivity contribution in [2.24, 2.45) is 0 Å². The van der Waals surface area contributed by atoms with E-state index in [1.807, 2.05) is 0 Å². The number of aromatic nitrogens is 2. The molecule has 0 aliphatic rings. The number of aromatic amines is 1. The minimum Gasteiger partial charge on any atom is -0.323 e. The van der Waals surface area contributed by atoms with Crippen molar-refractivity contribution in [1.29, 1.82) is 0 Å². The number of nitrogens with one attached hydrogen (secondary N) is 2. The Bertz CT molecular complexity index is 919. The Morgan fingerprint density at radius 1 is 1.12 bits per heavy atom. The van der Waals surface area contributed by atoms with Crippen LogP contribution in [0.5, 0.6) is 0 Å². The fourth-order valence-electron chi connectivity index (χ4n) is 2.13. The highest BCUT2D eigenvalue weighted by Gasteiger charge is 2.34. The summed E-state index contributed by atoms with van der Waals surface area (Å²) in [7, 11) is 0. The van der Waals surface area contributed by atoms with Gasteiger partial charge in [-0.1, -0.05) is 0 Å². The number of imidazole rings is 1. The van der Waals surface area contributed by atoms with Crippen molar-refractivity contribution < 1.29 is 22.4 Å². The molecule has 0 bridgehead atoms. The van der Waals surface area contributed by atoms with Crippen molar-refractivity contribution in [1.82, 2.24) is 9.97 Å². The molecule has 0 unspecified atom stereocenters. The third kappa shape index (κ3) is 3.12. The van der Waals surface area contributed by atoms with Gasteiger partial charge in [0.25, 0.3) is 5.91 Å². The quantitative estimate of drug-likeness (QED) is 0.609. The summed E-state index contributed by atoms with van der Waals surface area (Å²) >= 11 is 3.14. The van der Waals surface area contributed by atoms with Crippen molar-refractivity contribution in [3.8, 4) is 0 Å². The summed E-state index contributed by atoms with van der Waals surface area (Å²) in [4.78, 5) is 18.5. The minimum atomic E-state index is -4.58. The van der Waals surface area contributed by atoms with E-state index in [0.717, 1.165) is 18.2 Å². The lowest BCUT2D eigenvalue weighted by molar-refractivity contribution is -0.136. The van der Waals surface area contributed by atoms with Gasteiger partial charge in [0.1, 0.15) is 11.3 Å². The number of carbonyl (C=O) groups excluding carboxylic acids is 1. The molecule has 124 valence electrons. The molecule has 1 heterocycles. The zero-order valence-electron chi connectivity index (χ0n) is 11.7. The van der Waals surface area contributed by atoms with Crippen LogP contribution in [-0.2, 0) is 6.18 Å². The second-order valence-corrected chi connectivity index (χ2v) is 5.72. The number of nitrogens with zero attached hydrogens (tertiary/aromatic N) is 1. The Morgan fingerprint density at radius 3 is 2.42 bits per heavy atom. The predicted molar refractivity (Wildman–Crippen MR) is 83.1 cm³/mol. The fraction of sp³-hybridized carbons (Fsp3) is 0.0667. The molecule has 3 rings (SSSR count). The normalized spacial score (nSPS) is 11.7. The van der Waals surface area contributed by atoms with Crippen LogP contribution in [0.15, 0.2) is 40.9 Å². The Hall–Kier alpha value is -2.42. The molecule has 0 saturated heterocycles. The van der Waals surface area contributed by atoms with Crippen LogP contribution < -0.4 is 5.32 Å². The molecule has 2 aromatic carbocycles. The van der Waals surface area contributed by atoms with Gasteiger partial charge >= 0.3 is 6.18 Å². The fourth-order valence-corrected chi connectivity index (χ4v) is 2.55. The van der Waals surface area contributed by atoms with E-state index < -0.39 is 23.5 Å². The van der Waals surface area contributed by atoms with Crippen molar-refractivity contribution in [3.63, 3.8) is 0 Å². The van der Waals surface area contributed by atoms with Crippen LogP contribution in [0, 0.1) is 5.82 Å². The first-order valence-corrected chi connectivity index (χ1v) is 7.37. The number of hydrogen-bond acceptors (Lipinski definition) is 2. The van der Waals surface area contributed by atoms with Gasteiger partial charge in [-0.3, -0.25) is 10.1 Å². The van der Waals surface area contributed by atoms with Crippen LogP contribution in [0.25, 0.3) is 11.0 Å². The van der Waals surface area contributed by atoms with Crippen LogP contribution in [0.1, 0.15) is 15.9 Å². The Kier molecular flexibility index (Phi) is 4.04. The number of halogens is 5. The Morgan fingerprint density at radius 2 is 1.79 bits per heavy atom. The van der Waals surface area contributed by atoms with Crippen molar-refractivity contribution >= 4 is 38.8 Å². The summed E-state index contributed by atoms with van der Waals surface area (Å²) in [5.74, 6) is -1.27. The lowest BCUT2D eigenvalue weighted by atomic mass is 10.2. The average molecular weight is 402 g/mol. The number of rotatable bonds is 2. The molecule has 0 fully saturated rings. The molecule has 1 amide bonds. The maximum atomic E-state index is 13.0. The molecule has 9 heteroatoms. The third-order valence-electron chi connectivity index (χ3n) is 3.24. The first-order valence-electron chi connectivity index (χ1n) is 6.58. The van der Waals surface area contributed by atoms with Gasteiger partial charge in [0.2, 0.25) is 5.95 Å². The van der Waals surface area contributed by atoms with Crippen LogP contribution >= 0.6 is 15.9 Å². The predicted octanol–water partition coefficient (Wildman–Crippen LogP) is 4.74. The zero-order chi connectivity index (χ0) is 17.5. The number of anilines is 1. The number of amides is 1. The third-order valence-corrected chi connectivity index (χ3v) is 3.90. The number of hydrogen-bond donors (Lipinski definition) is 2. The number of fused-ring (bicyclic) bond motifs is 1. The van der Waals surface area contributed by atoms with E-state index in [0.29, 0.717) is 4.47 Å². The molecule has 0 atom stereocenters. The summed E-state index contributed by atoms with van der Waals surface area (Å²) < 4.78 is 52.3. The second kappa shape index (κ2) is 5.90. The smallest absolute Gasteiger partial charge is 0.323 e. The largest absolute Gasteiger partial charge is 0.418 e. The molecule has 0 spiro atoms. The Labute approximate surface area is 141 Å². The van der Waals surface area contributed by atoms with Crippen LogP contribution in [0.4, 0.5) is 23.5 Å². The topological polar surface area (TPSA) is 57.8 Å². The number of H-pyrrole nitrogens is 1. The molecule has 0 radical (unpaired) electrons. The highest BCUT2D eigenvalue weighted by Crippen LogP contribution is 2.36. The van der Waals surface area contributed by atoms with E-state index in [-0.39, 0.29) is 22.5 Å². The van der Waals surface area contributed by atoms with E-state index in [1.165, 1.54) is 18.2 Å². The summed E-state index contributed by atoms with van der Waals surface area (Å²) in [6.07, 6.45) is -4.58. The highest BCUT2D eigenvalue weighted by molar-refractivity contribution is 9.10. The molecule has 4 nitrogen and oxygen atoms in total. The van der Waals surface area contributed by atoms with E-state index in [9.17, 15) is 22.4 Å². The van der Waals surface area contributed by atoms with E-state index in [4.69, 9.17) is 0 Å². The molecule has 0 aliphatic heterocycles. The summed E-state index contributed by atoms with van der Waals surface area (Å²) in [5, 5.41) is 2.36. The first-order chi connectivity index (χ1) is 11.3. The number of carbonyl (C=O) groups is 1. The molecule has 0 saturated carbocycles. The van der Waals surface area contributed by atoms with Gasteiger partial charge in [-0.15, -0.1) is 0 Å². The van der Waals surface area contributed by atoms with Gasteiger partial charge < -0.3 is 4.98 Å². The van der Waals surface area contributed by atoms with Gasteiger partial charge in [0.15, 0.2) is 0 Å². The number of alkyl halides is 3. The van der Waals surface area contributed by atoms with Gasteiger partial charge in [-0.2, -0.15) is 13.2 Å². The average Bonchev–Trinajstić information content (AvgIpc) is 2.91. The maximum absolute atomic E-state index is 13.0. The monoisotopic (exact) mass is 401 g/mol. The van der Waals surface area contributed by atoms with Gasteiger partial charge in [-0.05, 0) is 52.3 Å². The summed E-state index contributed by atoms with van der Waals surface area (Å²) in [6.45, 7) is 0. The standard InChI is InChI=1S/C15H8BrF4N3O/c16-10-6-5-9(15(18,19)20)11-12(10)22-14(21-11)23-13(24)7-1-3-8(17)4-2-7/h1-6H,(H2,21,22,23,24). The molecule has 1 aromatic heterocycles. The molecule has 24 heavy (non-hydrogen) atoms. The van der Waals surface area contributed by atoms with Gasteiger partial charge in [0, 0.05) is 10.0 Å². The van der Waals surface area contributed by atoms with Crippen molar-refractivity contribution in [2.75, 3.05) is 5.32 Å². The maximum Gasteiger partial charge on any atom is 0.418 e.